The minimum Gasteiger partial charge on any atom is -0.724 e. The maximum atomic E-state index is 12.3. The molecule has 3 rings (SSSR count). The summed E-state index contributed by atoms with van der Waals surface area (Å²) >= 11 is 0. The van der Waals surface area contributed by atoms with Gasteiger partial charge in [-0.25, -0.2) is 13.2 Å². The third-order valence-electron chi connectivity index (χ3n) is 5.06. The fourth-order valence-corrected chi connectivity index (χ4v) is 3.99. The fourth-order valence-electron chi connectivity index (χ4n) is 3.61. The number of carbonyl (C=O) groups is 2. The van der Waals surface area contributed by atoms with Crippen molar-refractivity contribution >= 4 is 28.2 Å². The smallest absolute Gasteiger partial charge is 0.724 e. The first-order valence-corrected chi connectivity index (χ1v) is 10.0. The van der Waals surface area contributed by atoms with E-state index in [4.69, 9.17) is 5.41 Å². The van der Waals surface area contributed by atoms with E-state index >= 15 is 0 Å². The van der Waals surface area contributed by atoms with Crippen LogP contribution in [0, 0.1) is 5.41 Å². The summed E-state index contributed by atoms with van der Waals surface area (Å²) in [6.07, 6.45) is 0.724. The van der Waals surface area contributed by atoms with Crippen LogP contribution in [0.15, 0.2) is 0 Å². The zero-order valence-electron chi connectivity index (χ0n) is 16.0. The molecule has 0 aromatic rings. The van der Waals surface area contributed by atoms with Crippen molar-refractivity contribution in [1.29, 1.82) is 5.41 Å². The number of piperazine rings is 1. The zero-order chi connectivity index (χ0) is 19.8. The van der Waals surface area contributed by atoms with E-state index in [0.29, 0.717) is 17.9 Å². The van der Waals surface area contributed by atoms with Crippen molar-refractivity contribution in [3.8, 4) is 0 Å². The van der Waals surface area contributed by atoms with Crippen molar-refractivity contribution < 1.29 is 56.4 Å². The number of carbonyl (C=O) groups excluding carboxylic acids is 2. The van der Waals surface area contributed by atoms with Gasteiger partial charge in [0, 0.05) is 32.7 Å². The predicted molar refractivity (Wildman–Crippen MR) is 91.3 cm³/mol. The number of hydrogen-bond acceptors (Lipinski definition) is 9. The SMILES string of the molecule is CN1CCN(CC(=O)NC(=N)[C@@H]2CC[C@@H]3CN2C(=O)N3OS(=O)(=O)[O-])CC1.[Na+]. The third kappa shape index (κ3) is 5.63. The molecule has 2 N–H and O–H groups in total. The molecule has 0 aliphatic carbocycles. The molecule has 3 aliphatic heterocycles. The van der Waals surface area contributed by atoms with Gasteiger partial charge in [-0.3, -0.25) is 15.1 Å². The normalized spacial score (nSPS) is 26.1. The van der Waals surface area contributed by atoms with Gasteiger partial charge in [-0.2, -0.15) is 9.35 Å². The molecule has 0 spiro atoms. The van der Waals surface area contributed by atoms with Crippen LogP contribution in [-0.2, 0) is 19.5 Å². The van der Waals surface area contributed by atoms with E-state index in [1.807, 2.05) is 11.9 Å². The molecular formula is C14H23N6NaO6S. The number of fused-ring (bicyclic) bond motifs is 2. The molecule has 2 bridgehead atoms. The van der Waals surface area contributed by atoms with Crippen LogP contribution in [0.2, 0.25) is 0 Å². The van der Waals surface area contributed by atoms with Crippen molar-refractivity contribution in [3.05, 3.63) is 0 Å². The maximum absolute atomic E-state index is 12.3. The molecule has 14 heteroatoms. The van der Waals surface area contributed by atoms with Gasteiger partial charge in [0.1, 0.15) is 5.84 Å². The number of nitrogens with one attached hydrogen (secondary N) is 2. The molecule has 3 fully saturated rings. The molecule has 0 aromatic carbocycles. The second-order valence-corrected chi connectivity index (χ2v) is 8.00. The van der Waals surface area contributed by atoms with E-state index < -0.39 is 28.5 Å². The Morgan fingerprint density at radius 3 is 2.54 bits per heavy atom. The van der Waals surface area contributed by atoms with Gasteiger partial charge in [0.25, 0.3) is 0 Å². The first kappa shape index (κ1) is 23.5. The van der Waals surface area contributed by atoms with E-state index in [1.54, 1.807) is 0 Å². The third-order valence-corrected chi connectivity index (χ3v) is 5.41. The maximum Gasteiger partial charge on any atom is 1.00 e. The molecule has 0 radical (unpaired) electrons. The molecule has 3 aliphatic rings. The summed E-state index contributed by atoms with van der Waals surface area (Å²) in [5.41, 5.74) is 0. The largest absolute Gasteiger partial charge is 1.00 e. The standard InChI is InChI=1S/C14H24N6O6S.Na/c1-17-4-6-18(7-5-17)9-12(21)16-13(15)11-3-2-10-8-19(11)14(22)20(10)26-27(23,24)25;/h10-11H,2-9H2,1H3,(H2,15,16,21)(H,23,24,25);/q;+1/p-1/t10-,11+;/m1./s1. The minimum absolute atomic E-state index is 0. The van der Waals surface area contributed by atoms with Crippen LogP contribution in [0.4, 0.5) is 4.79 Å². The molecule has 0 aromatic heterocycles. The number of nitrogens with zero attached hydrogens (tertiary/aromatic N) is 4. The monoisotopic (exact) mass is 426 g/mol. The summed E-state index contributed by atoms with van der Waals surface area (Å²) in [5.74, 6) is -0.443. The van der Waals surface area contributed by atoms with Gasteiger partial charge in [0.05, 0.1) is 18.6 Å². The van der Waals surface area contributed by atoms with E-state index in [-0.39, 0.29) is 54.4 Å². The van der Waals surface area contributed by atoms with Gasteiger partial charge < -0.3 is 19.7 Å². The topological polar surface area (TPSA) is 149 Å². The Morgan fingerprint density at radius 1 is 1.29 bits per heavy atom. The molecule has 3 saturated heterocycles. The number of amides is 3. The first-order chi connectivity index (χ1) is 12.6. The molecular weight excluding hydrogens is 403 g/mol. The van der Waals surface area contributed by atoms with Gasteiger partial charge in [0.2, 0.25) is 16.3 Å². The average molecular weight is 426 g/mol. The van der Waals surface area contributed by atoms with Crippen LogP contribution in [0.1, 0.15) is 12.8 Å². The summed E-state index contributed by atoms with van der Waals surface area (Å²) in [7, 11) is -3.04. The van der Waals surface area contributed by atoms with E-state index in [1.165, 1.54) is 4.90 Å². The minimum atomic E-state index is -5.06. The molecule has 2 atom stereocenters. The second kappa shape index (κ2) is 9.34. The first-order valence-electron chi connectivity index (χ1n) is 8.68. The van der Waals surface area contributed by atoms with Gasteiger partial charge >= 0.3 is 35.6 Å². The van der Waals surface area contributed by atoms with Gasteiger partial charge in [-0.05, 0) is 19.9 Å². The number of amidine groups is 1. The van der Waals surface area contributed by atoms with E-state index in [0.717, 1.165) is 26.2 Å². The molecule has 0 unspecified atom stereocenters. The molecule has 3 amide bonds. The molecule has 0 saturated carbocycles. The van der Waals surface area contributed by atoms with Crippen LogP contribution < -0.4 is 34.9 Å². The summed E-state index contributed by atoms with van der Waals surface area (Å²) in [4.78, 5) is 29.9. The van der Waals surface area contributed by atoms with Crippen molar-refractivity contribution in [2.24, 2.45) is 0 Å². The van der Waals surface area contributed by atoms with Crippen LogP contribution in [-0.4, -0.2) is 109 Å². The van der Waals surface area contributed by atoms with E-state index in [9.17, 15) is 22.6 Å². The van der Waals surface area contributed by atoms with Crippen LogP contribution in [0.25, 0.3) is 0 Å². The predicted octanol–water partition coefficient (Wildman–Crippen LogP) is -5.01. The van der Waals surface area contributed by atoms with E-state index in [2.05, 4.69) is 14.5 Å². The summed E-state index contributed by atoms with van der Waals surface area (Å²) in [6, 6.07) is -2.04. The second-order valence-electron chi connectivity index (χ2n) is 7.03. The zero-order valence-corrected chi connectivity index (χ0v) is 18.8. The Bertz CT molecular complexity index is 728. The van der Waals surface area contributed by atoms with Crippen molar-refractivity contribution in [3.63, 3.8) is 0 Å². The summed E-state index contributed by atoms with van der Waals surface area (Å²) in [6.45, 7) is 3.58. The number of rotatable bonds is 5. The summed E-state index contributed by atoms with van der Waals surface area (Å²) in [5, 5.41) is 11.2. The number of hydroxylamine groups is 2. The van der Waals surface area contributed by atoms with Gasteiger partial charge in [0.15, 0.2) is 0 Å². The van der Waals surface area contributed by atoms with Crippen molar-refractivity contribution in [2.75, 3.05) is 46.3 Å². The number of likely N-dealkylation sites (N-methyl/N-ethyl adjacent to an activating group) is 1. The fraction of sp³-hybridized carbons (Fsp3) is 0.786. The van der Waals surface area contributed by atoms with Crippen LogP contribution in [0.5, 0.6) is 0 Å². The number of urea groups is 1. The van der Waals surface area contributed by atoms with Gasteiger partial charge in [-0.1, -0.05) is 0 Å². The molecule has 152 valence electrons. The Hall–Kier alpha value is -0.800. The van der Waals surface area contributed by atoms with Crippen LogP contribution in [0.3, 0.4) is 0 Å². The number of piperidine rings is 1. The summed E-state index contributed by atoms with van der Waals surface area (Å²) < 4.78 is 36.6. The number of hydrogen-bond donors (Lipinski definition) is 2. The molecule has 28 heavy (non-hydrogen) atoms. The van der Waals surface area contributed by atoms with Crippen molar-refractivity contribution in [2.45, 2.75) is 24.9 Å². The quantitative estimate of drug-likeness (QED) is 0.146. The van der Waals surface area contributed by atoms with Crippen molar-refractivity contribution in [1.82, 2.24) is 25.1 Å². The molecule has 3 heterocycles. The molecule has 12 nitrogen and oxygen atoms in total. The Balaban J connectivity index is 0.00000280. The average Bonchev–Trinajstić information content (AvgIpc) is 2.80. The Kier molecular flexibility index (Phi) is 7.83. The Morgan fingerprint density at radius 2 is 1.93 bits per heavy atom. The van der Waals surface area contributed by atoms with Gasteiger partial charge in [-0.15, -0.1) is 0 Å². The van der Waals surface area contributed by atoms with Crippen LogP contribution >= 0.6 is 0 Å². The Labute approximate surface area is 185 Å².